The first-order valence-corrected chi connectivity index (χ1v) is 8.18. The van der Waals surface area contributed by atoms with Gasteiger partial charge in [-0.1, -0.05) is 6.07 Å². The van der Waals surface area contributed by atoms with E-state index in [1.165, 1.54) is 0 Å². The maximum atomic E-state index is 12.4. The molecule has 2 N–H and O–H groups in total. The first-order chi connectivity index (χ1) is 11.0. The molecule has 1 fully saturated rings. The maximum absolute atomic E-state index is 12.4. The van der Waals surface area contributed by atoms with E-state index in [-0.39, 0.29) is 11.9 Å². The molecule has 6 heteroatoms. The van der Waals surface area contributed by atoms with Gasteiger partial charge in [0.2, 0.25) is 5.91 Å². The fraction of sp³-hybridized carbons (Fsp3) is 0.529. The molecule has 1 amide bonds. The van der Waals surface area contributed by atoms with E-state index in [4.69, 9.17) is 10.2 Å². The van der Waals surface area contributed by atoms with Gasteiger partial charge in [-0.05, 0) is 43.9 Å². The van der Waals surface area contributed by atoms with Gasteiger partial charge >= 0.3 is 5.76 Å². The van der Waals surface area contributed by atoms with Crippen molar-refractivity contribution in [3.8, 4) is 0 Å². The summed E-state index contributed by atoms with van der Waals surface area (Å²) in [6.45, 7) is 3.77. The van der Waals surface area contributed by atoms with Gasteiger partial charge in [0, 0.05) is 32.1 Å². The van der Waals surface area contributed by atoms with E-state index in [2.05, 4.69) is 0 Å². The average molecular weight is 317 g/mol. The Bertz CT molecular complexity index is 762. The lowest BCUT2D eigenvalue weighted by molar-refractivity contribution is -0.131. The Balaban J connectivity index is 1.70. The van der Waals surface area contributed by atoms with Crippen molar-refractivity contribution in [3.63, 3.8) is 0 Å². The largest absolute Gasteiger partial charge is 0.419 e. The first-order valence-electron chi connectivity index (χ1n) is 8.18. The summed E-state index contributed by atoms with van der Waals surface area (Å²) < 4.78 is 6.78. The second-order valence-electron chi connectivity index (χ2n) is 6.31. The molecule has 0 bridgehead atoms. The number of hydrogen-bond donors (Lipinski definition) is 1. The molecule has 2 heterocycles. The molecule has 6 nitrogen and oxygen atoms in total. The number of amides is 1. The van der Waals surface area contributed by atoms with Gasteiger partial charge in [0.1, 0.15) is 0 Å². The Hall–Kier alpha value is -2.08. The summed E-state index contributed by atoms with van der Waals surface area (Å²) in [5, 5.41) is 0. The normalized spacial score (nSPS) is 19.0. The number of fused-ring (bicyclic) bond motifs is 1. The zero-order valence-electron chi connectivity index (χ0n) is 13.5. The van der Waals surface area contributed by atoms with Crippen molar-refractivity contribution >= 4 is 17.0 Å². The van der Waals surface area contributed by atoms with Crippen LogP contribution in [0.15, 0.2) is 27.4 Å². The third kappa shape index (κ3) is 3.47. The predicted molar refractivity (Wildman–Crippen MR) is 88.2 cm³/mol. The molecule has 0 aliphatic carbocycles. The van der Waals surface area contributed by atoms with Gasteiger partial charge in [-0.2, -0.15) is 0 Å². The fourth-order valence-corrected chi connectivity index (χ4v) is 3.12. The van der Waals surface area contributed by atoms with E-state index in [9.17, 15) is 9.59 Å². The van der Waals surface area contributed by atoms with Crippen molar-refractivity contribution in [3.05, 3.63) is 34.3 Å². The molecule has 3 rings (SSSR count). The second kappa shape index (κ2) is 6.58. The highest BCUT2D eigenvalue weighted by Gasteiger charge is 2.19. The molecule has 0 saturated carbocycles. The van der Waals surface area contributed by atoms with Crippen LogP contribution in [0, 0.1) is 6.92 Å². The second-order valence-corrected chi connectivity index (χ2v) is 6.31. The van der Waals surface area contributed by atoms with Crippen molar-refractivity contribution in [2.45, 2.75) is 45.2 Å². The Morgan fingerprint density at radius 2 is 2.17 bits per heavy atom. The molecule has 23 heavy (non-hydrogen) atoms. The van der Waals surface area contributed by atoms with Crippen molar-refractivity contribution in [2.24, 2.45) is 5.73 Å². The zero-order valence-corrected chi connectivity index (χ0v) is 13.5. The van der Waals surface area contributed by atoms with Crippen molar-refractivity contribution < 1.29 is 9.21 Å². The van der Waals surface area contributed by atoms with Crippen LogP contribution in [0.2, 0.25) is 0 Å². The smallest absolute Gasteiger partial charge is 0.408 e. The van der Waals surface area contributed by atoms with Crippen molar-refractivity contribution in [2.75, 3.05) is 13.1 Å². The summed E-state index contributed by atoms with van der Waals surface area (Å²) in [6, 6.07) is 5.80. The van der Waals surface area contributed by atoms with Crippen LogP contribution in [0.1, 0.15) is 31.2 Å². The monoisotopic (exact) mass is 317 g/mol. The Labute approximate surface area is 134 Å². The number of nitrogens with two attached hydrogens (primary N) is 1. The summed E-state index contributed by atoms with van der Waals surface area (Å²) in [6.07, 6.45) is 3.06. The summed E-state index contributed by atoms with van der Waals surface area (Å²) in [4.78, 5) is 26.3. The Kier molecular flexibility index (Phi) is 4.52. The predicted octanol–water partition coefficient (Wildman–Crippen LogP) is 1.63. The molecule has 0 spiro atoms. The van der Waals surface area contributed by atoms with E-state index in [1.54, 1.807) is 10.6 Å². The standard InChI is InChI=1S/C17H23N3O3/c1-12-4-5-15-14(11-12)20(17(22)23-15)10-7-16(21)19-8-2-3-13(18)6-9-19/h4-5,11,13H,2-3,6-10,18H2,1H3/t13-/m1/s1. The van der Waals surface area contributed by atoms with Crippen LogP contribution in [-0.2, 0) is 11.3 Å². The quantitative estimate of drug-likeness (QED) is 0.933. The molecule has 124 valence electrons. The van der Waals surface area contributed by atoms with Gasteiger partial charge in [0.05, 0.1) is 5.52 Å². The Morgan fingerprint density at radius 3 is 3.00 bits per heavy atom. The van der Waals surface area contributed by atoms with Gasteiger partial charge < -0.3 is 15.1 Å². The lowest BCUT2D eigenvalue weighted by atomic mass is 10.1. The number of likely N-dealkylation sites (tertiary alicyclic amines) is 1. The molecule has 1 atom stereocenters. The van der Waals surface area contributed by atoms with E-state index in [0.717, 1.165) is 36.9 Å². The van der Waals surface area contributed by atoms with Crippen LogP contribution < -0.4 is 11.5 Å². The fourth-order valence-electron chi connectivity index (χ4n) is 3.12. The third-order valence-electron chi connectivity index (χ3n) is 4.50. The topological polar surface area (TPSA) is 81.5 Å². The summed E-state index contributed by atoms with van der Waals surface area (Å²) in [5.41, 5.74) is 8.32. The van der Waals surface area contributed by atoms with Gasteiger partial charge in [0.15, 0.2) is 5.58 Å². The molecule has 1 aliphatic heterocycles. The minimum atomic E-state index is -0.406. The van der Waals surface area contributed by atoms with Crippen molar-refractivity contribution in [1.82, 2.24) is 9.47 Å². The van der Waals surface area contributed by atoms with E-state index in [1.807, 2.05) is 24.0 Å². The van der Waals surface area contributed by atoms with Crippen LogP contribution in [0.25, 0.3) is 11.1 Å². The molecular weight excluding hydrogens is 294 g/mol. The number of carbonyl (C=O) groups is 1. The molecule has 0 radical (unpaired) electrons. The van der Waals surface area contributed by atoms with Gasteiger partial charge in [-0.3, -0.25) is 9.36 Å². The molecule has 1 aromatic heterocycles. The first kappa shape index (κ1) is 15.8. The number of hydrogen-bond acceptors (Lipinski definition) is 4. The highest BCUT2D eigenvalue weighted by Crippen LogP contribution is 2.16. The summed E-state index contributed by atoms with van der Waals surface area (Å²) in [7, 11) is 0. The number of benzene rings is 1. The summed E-state index contributed by atoms with van der Waals surface area (Å²) >= 11 is 0. The zero-order chi connectivity index (χ0) is 16.4. The SMILES string of the molecule is Cc1ccc2oc(=O)n(CCC(=O)N3CCC[C@@H](N)CC3)c2c1. The number of nitrogens with zero attached hydrogens (tertiary/aromatic N) is 2. The van der Waals surface area contributed by atoms with Gasteiger partial charge in [0.25, 0.3) is 0 Å². The minimum absolute atomic E-state index is 0.0769. The average Bonchev–Trinajstić information content (AvgIpc) is 2.68. The number of aryl methyl sites for hydroxylation is 2. The van der Waals surface area contributed by atoms with Crippen LogP contribution in [0.5, 0.6) is 0 Å². The number of rotatable bonds is 3. The molecule has 1 saturated heterocycles. The van der Waals surface area contributed by atoms with Gasteiger partial charge in [-0.25, -0.2) is 4.79 Å². The molecular formula is C17H23N3O3. The summed E-state index contributed by atoms with van der Waals surface area (Å²) in [5.74, 6) is -0.329. The highest BCUT2D eigenvalue weighted by atomic mass is 16.4. The number of carbonyl (C=O) groups excluding carboxylic acids is 1. The molecule has 2 aromatic rings. The lowest BCUT2D eigenvalue weighted by Crippen LogP contribution is -2.33. The van der Waals surface area contributed by atoms with Crippen LogP contribution >= 0.6 is 0 Å². The van der Waals surface area contributed by atoms with Crippen LogP contribution in [-0.4, -0.2) is 34.5 Å². The van der Waals surface area contributed by atoms with E-state index >= 15 is 0 Å². The van der Waals surface area contributed by atoms with Gasteiger partial charge in [-0.15, -0.1) is 0 Å². The third-order valence-corrected chi connectivity index (χ3v) is 4.50. The van der Waals surface area contributed by atoms with Crippen LogP contribution in [0.4, 0.5) is 0 Å². The van der Waals surface area contributed by atoms with Crippen molar-refractivity contribution in [1.29, 1.82) is 0 Å². The lowest BCUT2D eigenvalue weighted by Gasteiger charge is -2.20. The maximum Gasteiger partial charge on any atom is 0.419 e. The molecule has 0 unspecified atom stereocenters. The highest BCUT2D eigenvalue weighted by molar-refractivity contribution is 5.77. The Morgan fingerprint density at radius 1 is 1.35 bits per heavy atom. The molecule has 1 aromatic carbocycles. The number of aromatic nitrogens is 1. The van der Waals surface area contributed by atoms with E-state index in [0.29, 0.717) is 25.1 Å². The van der Waals surface area contributed by atoms with E-state index < -0.39 is 5.76 Å². The molecule has 1 aliphatic rings. The van der Waals surface area contributed by atoms with Crippen LogP contribution in [0.3, 0.4) is 0 Å². The minimum Gasteiger partial charge on any atom is -0.408 e. The number of oxazole rings is 1.